The number of carbonyl (C=O) groups excluding carboxylic acids is 1. The van der Waals surface area contributed by atoms with Crippen LogP contribution in [0.5, 0.6) is 5.75 Å². The largest absolute Gasteiger partial charge is 0.486 e. The van der Waals surface area contributed by atoms with E-state index in [2.05, 4.69) is 24.1 Å². The Morgan fingerprint density at radius 1 is 1.12 bits per heavy atom. The highest BCUT2D eigenvalue weighted by atomic mass is 32.1. The molecule has 0 aliphatic heterocycles. The second-order valence-electron chi connectivity index (χ2n) is 6.35. The van der Waals surface area contributed by atoms with Crippen molar-refractivity contribution in [2.45, 2.75) is 33.3 Å². The summed E-state index contributed by atoms with van der Waals surface area (Å²) in [6, 6.07) is 17.5. The third kappa shape index (κ3) is 4.49. The van der Waals surface area contributed by atoms with Gasteiger partial charge in [0.05, 0.1) is 5.69 Å². The lowest BCUT2D eigenvalue weighted by atomic mass is 10.0. The van der Waals surface area contributed by atoms with Crippen molar-refractivity contribution in [1.29, 1.82) is 0 Å². The van der Waals surface area contributed by atoms with Crippen molar-refractivity contribution >= 4 is 22.9 Å². The van der Waals surface area contributed by atoms with Crippen LogP contribution in [0, 0.1) is 6.92 Å². The van der Waals surface area contributed by atoms with Gasteiger partial charge in [0.2, 0.25) is 0 Å². The molecule has 0 aliphatic carbocycles. The Bertz CT molecular complexity index is 871. The molecule has 1 N–H and O–H groups in total. The minimum Gasteiger partial charge on any atom is -0.486 e. The molecular formula is C21H22N2O2S. The van der Waals surface area contributed by atoms with Crippen molar-refractivity contribution in [1.82, 2.24) is 4.98 Å². The second-order valence-corrected chi connectivity index (χ2v) is 7.44. The number of aromatic nitrogens is 1. The van der Waals surface area contributed by atoms with Crippen molar-refractivity contribution < 1.29 is 9.53 Å². The third-order valence-corrected chi connectivity index (χ3v) is 5.12. The van der Waals surface area contributed by atoms with E-state index < -0.39 is 0 Å². The molecule has 0 saturated carbocycles. The Morgan fingerprint density at radius 3 is 2.46 bits per heavy atom. The lowest BCUT2D eigenvalue weighted by Crippen LogP contribution is -2.11. The fraction of sp³-hybridized carbons (Fsp3) is 0.238. The molecule has 4 nitrogen and oxygen atoms in total. The predicted octanol–water partition coefficient (Wildman–Crippen LogP) is 5.41. The molecule has 0 atom stereocenters. The molecule has 5 heteroatoms. The summed E-state index contributed by atoms with van der Waals surface area (Å²) >= 11 is 1.37. The van der Waals surface area contributed by atoms with Crippen LogP contribution in [0.25, 0.3) is 0 Å². The van der Waals surface area contributed by atoms with Crippen LogP contribution >= 0.6 is 11.3 Å². The maximum atomic E-state index is 12.6. The average molecular weight is 366 g/mol. The number of amides is 1. The van der Waals surface area contributed by atoms with Crippen LogP contribution in [0.4, 0.5) is 5.69 Å². The Morgan fingerprint density at radius 2 is 1.81 bits per heavy atom. The van der Waals surface area contributed by atoms with E-state index in [1.807, 2.05) is 61.5 Å². The topological polar surface area (TPSA) is 51.2 Å². The SMILES string of the molecule is Cc1nc(COc2ccccc2)sc1C(=O)Nc1ccc(C(C)C)cc1. The zero-order valence-corrected chi connectivity index (χ0v) is 16.0. The molecule has 26 heavy (non-hydrogen) atoms. The normalized spacial score (nSPS) is 10.8. The minimum atomic E-state index is -0.136. The van der Waals surface area contributed by atoms with E-state index >= 15 is 0 Å². The quantitative estimate of drug-likeness (QED) is 0.635. The van der Waals surface area contributed by atoms with Crippen LogP contribution in [-0.4, -0.2) is 10.9 Å². The first-order valence-electron chi connectivity index (χ1n) is 8.58. The first-order chi connectivity index (χ1) is 12.5. The zero-order chi connectivity index (χ0) is 18.5. The number of ether oxygens (including phenoxy) is 1. The predicted molar refractivity (Wildman–Crippen MR) is 106 cm³/mol. The first-order valence-corrected chi connectivity index (χ1v) is 9.40. The van der Waals surface area contributed by atoms with Crippen molar-refractivity contribution in [3.8, 4) is 5.75 Å². The summed E-state index contributed by atoms with van der Waals surface area (Å²) in [6.07, 6.45) is 0. The van der Waals surface area contributed by atoms with E-state index in [0.29, 0.717) is 17.4 Å². The third-order valence-electron chi connectivity index (χ3n) is 3.99. The van der Waals surface area contributed by atoms with Gasteiger partial charge in [-0.25, -0.2) is 4.98 Å². The molecule has 0 bridgehead atoms. The number of thiazole rings is 1. The summed E-state index contributed by atoms with van der Waals surface area (Å²) in [5.74, 6) is 1.12. The van der Waals surface area contributed by atoms with Gasteiger partial charge in [0, 0.05) is 5.69 Å². The Balaban J connectivity index is 1.65. The zero-order valence-electron chi connectivity index (χ0n) is 15.2. The molecule has 2 aromatic carbocycles. The number of anilines is 1. The number of hydrogen-bond acceptors (Lipinski definition) is 4. The van der Waals surface area contributed by atoms with Crippen LogP contribution in [0.2, 0.25) is 0 Å². The van der Waals surface area contributed by atoms with Gasteiger partial charge in [0.25, 0.3) is 5.91 Å². The highest BCUT2D eigenvalue weighted by Crippen LogP contribution is 2.22. The molecule has 3 aromatic rings. The van der Waals surface area contributed by atoms with E-state index in [1.165, 1.54) is 16.9 Å². The summed E-state index contributed by atoms with van der Waals surface area (Å²) in [5, 5.41) is 3.73. The molecule has 0 fully saturated rings. The Kier molecular flexibility index (Phi) is 5.68. The van der Waals surface area contributed by atoms with Gasteiger partial charge in [-0.05, 0) is 42.7 Å². The summed E-state index contributed by atoms with van der Waals surface area (Å²) in [7, 11) is 0. The van der Waals surface area contributed by atoms with Crippen LogP contribution in [-0.2, 0) is 6.61 Å². The molecule has 134 valence electrons. The van der Waals surface area contributed by atoms with Gasteiger partial charge in [-0.1, -0.05) is 44.2 Å². The van der Waals surface area contributed by atoms with Crippen LogP contribution in [0.15, 0.2) is 54.6 Å². The van der Waals surface area contributed by atoms with Gasteiger partial charge in [0.1, 0.15) is 22.2 Å². The van der Waals surface area contributed by atoms with Gasteiger partial charge >= 0.3 is 0 Å². The maximum absolute atomic E-state index is 12.6. The molecule has 1 heterocycles. The summed E-state index contributed by atoms with van der Waals surface area (Å²) < 4.78 is 5.71. The van der Waals surface area contributed by atoms with Crippen molar-refractivity contribution in [2.75, 3.05) is 5.32 Å². The maximum Gasteiger partial charge on any atom is 0.267 e. The molecular weight excluding hydrogens is 344 g/mol. The molecule has 3 rings (SSSR count). The van der Waals surface area contributed by atoms with E-state index in [1.54, 1.807) is 0 Å². The van der Waals surface area contributed by atoms with E-state index in [9.17, 15) is 4.79 Å². The number of para-hydroxylation sites is 1. The first kappa shape index (κ1) is 18.1. The highest BCUT2D eigenvalue weighted by Gasteiger charge is 2.16. The highest BCUT2D eigenvalue weighted by molar-refractivity contribution is 7.13. The van der Waals surface area contributed by atoms with E-state index in [-0.39, 0.29) is 5.91 Å². The van der Waals surface area contributed by atoms with Crippen molar-refractivity contribution in [3.63, 3.8) is 0 Å². The lowest BCUT2D eigenvalue weighted by Gasteiger charge is -2.08. The lowest BCUT2D eigenvalue weighted by molar-refractivity contribution is 0.103. The van der Waals surface area contributed by atoms with Crippen LogP contribution in [0.3, 0.4) is 0 Å². The number of rotatable bonds is 6. The standard InChI is InChI=1S/C21H22N2O2S/c1-14(2)16-9-11-17(12-10-16)23-21(24)20-15(3)22-19(26-20)13-25-18-7-5-4-6-8-18/h4-12,14H,13H2,1-3H3,(H,23,24). The monoisotopic (exact) mass is 366 g/mol. The fourth-order valence-electron chi connectivity index (χ4n) is 2.53. The van der Waals surface area contributed by atoms with E-state index in [4.69, 9.17) is 4.74 Å². The number of carbonyl (C=O) groups is 1. The van der Waals surface area contributed by atoms with Crippen LogP contribution in [0.1, 0.15) is 45.7 Å². The number of nitrogens with zero attached hydrogens (tertiary/aromatic N) is 1. The minimum absolute atomic E-state index is 0.136. The summed E-state index contributed by atoms with van der Waals surface area (Å²) in [4.78, 5) is 17.6. The smallest absolute Gasteiger partial charge is 0.267 e. The number of benzene rings is 2. The molecule has 0 saturated heterocycles. The van der Waals surface area contributed by atoms with Gasteiger partial charge in [-0.3, -0.25) is 4.79 Å². The number of nitrogens with one attached hydrogen (secondary N) is 1. The van der Waals surface area contributed by atoms with Crippen molar-refractivity contribution in [2.24, 2.45) is 0 Å². The molecule has 0 unspecified atom stereocenters. The Labute approximate surface area is 157 Å². The summed E-state index contributed by atoms with van der Waals surface area (Å²) in [6.45, 7) is 6.49. The van der Waals surface area contributed by atoms with Crippen molar-refractivity contribution in [3.05, 3.63) is 75.7 Å². The van der Waals surface area contributed by atoms with Gasteiger partial charge in [-0.2, -0.15) is 0 Å². The molecule has 1 amide bonds. The van der Waals surface area contributed by atoms with Gasteiger partial charge in [-0.15, -0.1) is 11.3 Å². The molecule has 1 aromatic heterocycles. The number of hydrogen-bond donors (Lipinski definition) is 1. The van der Waals surface area contributed by atoms with Crippen LogP contribution < -0.4 is 10.1 Å². The molecule has 0 spiro atoms. The molecule has 0 radical (unpaired) electrons. The van der Waals surface area contributed by atoms with Gasteiger partial charge in [0.15, 0.2) is 0 Å². The number of aryl methyl sites for hydroxylation is 1. The molecule has 0 aliphatic rings. The Hall–Kier alpha value is -2.66. The second kappa shape index (κ2) is 8.15. The van der Waals surface area contributed by atoms with E-state index in [0.717, 1.165) is 22.1 Å². The average Bonchev–Trinajstić information content (AvgIpc) is 3.02. The van der Waals surface area contributed by atoms with Gasteiger partial charge < -0.3 is 10.1 Å². The fourth-order valence-corrected chi connectivity index (χ4v) is 3.40. The summed E-state index contributed by atoms with van der Waals surface area (Å²) in [5.41, 5.74) is 2.75.